The van der Waals surface area contributed by atoms with E-state index in [0.29, 0.717) is 19.3 Å². The Morgan fingerprint density at radius 3 is 0.757 bits per heavy atom. The first-order chi connectivity index (χ1) is 54.2. The van der Waals surface area contributed by atoms with E-state index in [1.54, 1.807) is 0 Å². The number of carbonyl (C=O) groups is 3. The van der Waals surface area contributed by atoms with E-state index < -0.39 is 91.5 Å². The highest BCUT2D eigenvalue weighted by molar-refractivity contribution is 7.47. The maximum Gasteiger partial charge on any atom is 0.472 e. The summed E-state index contributed by atoms with van der Waals surface area (Å²) >= 11 is 0. The predicted molar refractivity (Wildman–Crippen MR) is 463 cm³/mol. The molecule has 0 fully saturated rings. The topological polar surface area (TPSA) is 231 Å². The molecule has 16 nitrogen and oxygen atoms in total. The van der Waals surface area contributed by atoms with Gasteiger partial charge in [0.15, 0.2) is 6.10 Å². The Hall–Kier alpha value is -4.83. The Kier molecular flexibility index (Phi) is 80.9. The van der Waals surface area contributed by atoms with Gasteiger partial charge in [0.05, 0.1) is 26.4 Å². The quantitative estimate of drug-likeness (QED) is 0.0146. The summed E-state index contributed by atoms with van der Waals surface area (Å²) in [4.78, 5) is 58.9. The van der Waals surface area contributed by atoms with Crippen molar-refractivity contribution in [1.82, 2.24) is 0 Å². The standard InChI is InChI=1S/C93H158O16P2/c1-4-7-10-13-16-19-22-25-28-31-34-37-39-40-41-42-43-44-45-46-48-51-52-55-58-61-64-67-70-73-76-79-91(96)103-82-88(94)83-105-110(99,100)106-84-89(95)85-107-111(101,102)108-87-90(109-93(98)81-78-75-72-69-66-63-60-57-54-49-36-33-30-27-24-21-18-15-12-9-6-3)86-104-92(97)80-77-74-71-68-65-62-59-56-53-50-47-38-35-32-29-26-23-20-17-14-11-8-5-2/h8,11,16-21,25-30,34-38,40-41,49-50,53,57,60,88-90,94-95H,4-7,9-10,12-15,22-24,31-33,39,42-48,51-52,54-56,58-59,61-87H2,1-3H3,(H,99,100)(H,101,102)/b11-8-,19-16-,20-17-,21-18-,28-25-,29-26-,30-27-,37-34-,38-35-,41-40-,49-36-,53-50-,60-57-. The van der Waals surface area contributed by atoms with Gasteiger partial charge >= 0.3 is 33.6 Å². The van der Waals surface area contributed by atoms with E-state index in [1.807, 2.05) is 0 Å². The molecule has 0 aromatic heterocycles. The monoisotopic (exact) mass is 1590 g/mol. The van der Waals surface area contributed by atoms with Crippen LogP contribution in [0.15, 0.2) is 158 Å². The van der Waals surface area contributed by atoms with Crippen molar-refractivity contribution in [2.75, 3.05) is 39.6 Å². The highest BCUT2D eigenvalue weighted by Crippen LogP contribution is 2.45. The zero-order valence-electron chi connectivity index (χ0n) is 69.8. The van der Waals surface area contributed by atoms with Crippen LogP contribution >= 0.6 is 15.6 Å². The zero-order chi connectivity index (χ0) is 80.8. The number of allylic oxidation sites excluding steroid dienone is 26. The Labute approximate surface area is 676 Å². The van der Waals surface area contributed by atoms with Crippen LogP contribution in [-0.2, 0) is 55.8 Å². The number of hydrogen-bond donors (Lipinski definition) is 4. The maximum atomic E-state index is 13.0. The molecule has 0 radical (unpaired) electrons. The van der Waals surface area contributed by atoms with Crippen LogP contribution in [0.1, 0.15) is 355 Å². The fourth-order valence-corrected chi connectivity index (χ4v) is 13.2. The number of unbranched alkanes of at least 4 members (excludes halogenated alkanes) is 33. The minimum Gasteiger partial charge on any atom is -0.463 e. The Morgan fingerprint density at radius 2 is 0.477 bits per heavy atom. The van der Waals surface area contributed by atoms with E-state index in [9.17, 15) is 43.5 Å². The molecule has 5 atom stereocenters. The number of carbonyl (C=O) groups excluding carboxylic acids is 3. The number of phosphoric acid groups is 2. The van der Waals surface area contributed by atoms with E-state index in [-0.39, 0.29) is 19.3 Å². The van der Waals surface area contributed by atoms with E-state index in [0.717, 1.165) is 173 Å². The summed E-state index contributed by atoms with van der Waals surface area (Å²) in [6, 6.07) is 0. The SMILES string of the molecule is CC/C=C\C/C=C\C/C=C\C/C=C\C/C=C\CCCCCCCCCC(=O)OCC(COP(=O)(O)OCC(O)COP(=O)(O)OCC(O)COC(=O)CCCCCCCCCCCCCCCCC/C=C\C/C=C\C/C=C\C/C=C\CCCCC)OC(=O)CCCCCCC/C=C\C/C=C\C/C=C\C/C=C\CCCCC. The summed E-state index contributed by atoms with van der Waals surface area (Å²) in [5.41, 5.74) is 0. The molecule has 0 amide bonds. The van der Waals surface area contributed by atoms with Gasteiger partial charge in [0, 0.05) is 19.3 Å². The molecule has 0 aliphatic rings. The van der Waals surface area contributed by atoms with Crippen LogP contribution in [0.5, 0.6) is 0 Å². The maximum absolute atomic E-state index is 13.0. The van der Waals surface area contributed by atoms with Gasteiger partial charge in [-0.25, -0.2) is 9.13 Å². The van der Waals surface area contributed by atoms with Crippen molar-refractivity contribution in [2.45, 2.75) is 373 Å². The second-order valence-electron chi connectivity index (χ2n) is 29.0. The van der Waals surface area contributed by atoms with Crippen LogP contribution in [0.3, 0.4) is 0 Å². The summed E-state index contributed by atoms with van der Waals surface area (Å²) in [6.45, 7) is 2.50. The third-order valence-corrected chi connectivity index (χ3v) is 20.1. The molecule has 0 saturated heterocycles. The number of hydrogen-bond acceptors (Lipinski definition) is 14. The van der Waals surface area contributed by atoms with Crippen molar-refractivity contribution in [3.63, 3.8) is 0 Å². The molecule has 111 heavy (non-hydrogen) atoms. The smallest absolute Gasteiger partial charge is 0.463 e. The molecule has 4 N–H and O–H groups in total. The number of phosphoric ester groups is 2. The van der Waals surface area contributed by atoms with Gasteiger partial charge in [-0.1, -0.05) is 339 Å². The van der Waals surface area contributed by atoms with Gasteiger partial charge < -0.3 is 34.2 Å². The molecule has 18 heteroatoms. The lowest BCUT2D eigenvalue weighted by atomic mass is 10.0. The molecule has 0 aliphatic carbocycles. The van der Waals surface area contributed by atoms with Gasteiger partial charge in [0.1, 0.15) is 25.4 Å². The second kappa shape index (κ2) is 84.6. The molecular weight excluding hydrogens is 1430 g/mol. The van der Waals surface area contributed by atoms with Crippen LogP contribution in [0.25, 0.3) is 0 Å². The summed E-state index contributed by atoms with van der Waals surface area (Å²) < 4.78 is 61.4. The summed E-state index contributed by atoms with van der Waals surface area (Å²) in [7, 11) is -9.82. The van der Waals surface area contributed by atoms with E-state index in [4.69, 9.17) is 32.3 Å². The highest BCUT2D eigenvalue weighted by atomic mass is 31.2. The molecular formula is C93H158O16P2. The Balaban J connectivity index is 4.61. The van der Waals surface area contributed by atoms with Gasteiger partial charge in [-0.05, 0) is 154 Å². The van der Waals surface area contributed by atoms with E-state index >= 15 is 0 Å². The van der Waals surface area contributed by atoms with Crippen molar-refractivity contribution in [1.29, 1.82) is 0 Å². The van der Waals surface area contributed by atoms with Crippen molar-refractivity contribution >= 4 is 33.6 Å². The van der Waals surface area contributed by atoms with Crippen molar-refractivity contribution < 1.29 is 75.8 Å². The summed E-state index contributed by atoms with van der Waals surface area (Å²) in [6.07, 6.45) is 107. The van der Waals surface area contributed by atoms with Crippen molar-refractivity contribution in [2.24, 2.45) is 0 Å². The van der Waals surface area contributed by atoms with E-state index in [1.165, 1.54) is 122 Å². The summed E-state index contributed by atoms with van der Waals surface area (Å²) in [5, 5.41) is 20.7. The third kappa shape index (κ3) is 85.9. The third-order valence-electron chi connectivity index (χ3n) is 18.2. The number of aliphatic hydroxyl groups is 2. The lowest BCUT2D eigenvalue weighted by molar-refractivity contribution is -0.161. The fraction of sp³-hybridized carbons (Fsp3) is 0.688. The molecule has 0 rings (SSSR count). The number of ether oxygens (including phenoxy) is 3. The Morgan fingerprint density at radius 1 is 0.261 bits per heavy atom. The van der Waals surface area contributed by atoms with Gasteiger partial charge in [0.25, 0.3) is 0 Å². The largest absolute Gasteiger partial charge is 0.472 e. The first-order valence-corrected chi connectivity index (χ1v) is 46.8. The number of aliphatic hydroxyl groups excluding tert-OH is 2. The minimum absolute atomic E-state index is 0.0762. The van der Waals surface area contributed by atoms with Crippen molar-refractivity contribution in [3.05, 3.63) is 158 Å². The van der Waals surface area contributed by atoms with E-state index in [2.05, 4.69) is 179 Å². The zero-order valence-corrected chi connectivity index (χ0v) is 71.6. The number of esters is 3. The highest BCUT2D eigenvalue weighted by Gasteiger charge is 2.29. The molecule has 0 heterocycles. The predicted octanol–water partition coefficient (Wildman–Crippen LogP) is 26.5. The molecule has 0 bridgehead atoms. The number of rotatable bonds is 82. The van der Waals surface area contributed by atoms with Gasteiger partial charge in [-0.15, -0.1) is 0 Å². The lowest BCUT2D eigenvalue weighted by Gasteiger charge is -2.21. The van der Waals surface area contributed by atoms with Crippen LogP contribution in [0, 0.1) is 0 Å². The molecule has 0 spiro atoms. The Bertz CT molecular complexity index is 2650. The minimum atomic E-state index is -4.95. The van der Waals surface area contributed by atoms with Crippen LogP contribution in [0.2, 0.25) is 0 Å². The molecule has 636 valence electrons. The average Bonchev–Trinajstić information content (AvgIpc) is 0.902. The van der Waals surface area contributed by atoms with Crippen LogP contribution < -0.4 is 0 Å². The van der Waals surface area contributed by atoms with Gasteiger partial charge in [-0.2, -0.15) is 0 Å². The first kappa shape index (κ1) is 106. The summed E-state index contributed by atoms with van der Waals surface area (Å²) in [5.74, 6) is -1.61. The van der Waals surface area contributed by atoms with Gasteiger partial charge in [-0.3, -0.25) is 32.5 Å². The van der Waals surface area contributed by atoms with Gasteiger partial charge in [0.2, 0.25) is 0 Å². The lowest BCUT2D eigenvalue weighted by Crippen LogP contribution is -2.30. The molecule has 0 aromatic carbocycles. The first-order valence-electron chi connectivity index (χ1n) is 43.8. The van der Waals surface area contributed by atoms with Crippen LogP contribution in [0.4, 0.5) is 0 Å². The molecule has 5 unspecified atom stereocenters. The molecule has 0 aliphatic heterocycles. The van der Waals surface area contributed by atoms with Crippen LogP contribution in [-0.4, -0.2) is 95.9 Å². The fourth-order valence-electron chi connectivity index (χ4n) is 11.6. The molecule has 0 aromatic rings. The normalized spacial score (nSPS) is 14.6. The molecule has 0 saturated carbocycles. The average molecular weight is 1590 g/mol. The second-order valence-corrected chi connectivity index (χ2v) is 31.9. The van der Waals surface area contributed by atoms with Crippen molar-refractivity contribution in [3.8, 4) is 0 Å².